The average Bonchev–Trinajstić information content (AvgIpc) is 2.99. The van der Waals surface area contributed by atoms with Crippen LogP contribution in [0.2, 0.25) is 0 Å². The Bertz CT molecular complexity index is 296. The lowest BCUT2D eigenvalue weighted by atomic mass is 10.4. The van der Waals surface area contributed by atoms with Crippen molar-refractivity contribution in [3.8, 4) is 0 Å². The van der Waals surface area contributed by atoms with Gasteiger partial charge in [-0.1, -0.05) is 0 Å². The maximum atomic E-state index is 11.1. The molecule has 0 bridgehead atoms. The highest BCUT2D eigenvalue weighted by atomic mass is 16.2. The second kappa shape index (κ2) is 3.38. The second-order valence-electron chi connectivity index (χ2n) is 2.96. The van der Waals surface area contributed by atoms with Crippen LogP contribution in [0.1, 0.15) is 12.8 Å². The molecule has 0 unspecified atom stereocenters. The number of carbonyl (C=O) groups excluding carboxylic acids is 1. The van der Waals surface area contributed by atoms with Gasteiger partial charge >= 0.3 is 0 Å². The van der Waals surface area contributed by atoms with Gasteiger partial charge in [-0.05, 0) is 18.9 Å². The van der Waals surface area contributed by atoms with Gasteiger partial charge in [-0.25, -0.2) is 9.97 Å². The number of nitrogens with zero attached hydrogens (tertiary/aromatic N) is 2. The highest BCUT2D eigenvalue weighted by Gasteiger charge is 2.29. The van der Waals surface area contributed by atoms with Gasteiger partial charge in [0.05, 0.1) is 0 Å². The zero-order chi connectivity index (χ0) is 9.10. The van der Waals surface area contributed by atoms with E-state index in [1.807, 2.05) is 0 Å². The lowest BCUT2D eigenvalue weighted by Gasteiger charge is -2.04. The lowest BCUT2D eigenvalue weighted by molar-refractivity contribution is -0.121. The molecule has 1 heterocycles. The third kappa shape index (κ3) is 2.14. The summed E-state index contributed by atoms with van der Waals surface area (Å²) in [6.07, 6.45) is 5.20. The fourth-order valence-corrected chi connectivity index (χ4v) is 0.929. The molecule has 0 aliphatic heterocycles. The van der Waals surface area contributed by atoms with Crippen LogP contribution in [0, 0.1) is 5.92 Å². The van der Waals surface area contributed by atoms with Gasteiger partial charge in [0.25, 0.3) is 0 Å². The predicted octanol–water partition coefficient (Wildman–Crippen LogP) is 0.330. The molecule has 2 N–H and O–H groups in total. The highest BCUT2D eigenvalue weighted by Crippen LogP contribution is 2.28. The Morgan fingerprint density at radius 3 is 2.69 bits per heavy atom. The van der Waals surface area contributed by atoms with Gasteiger partial charge in [0.15, 0.2) is 0 Å². The lowest BCUT2D eigenvalue weighted by Crippen LogP contribution is -2.31. The van der Waals surface area contributed by atoms with Gasteiger partial charge in [-0.2, -0.15) is 0 Å². The number of amides is 1. The molecule has 1 saturated carbocycles. The number of hydrogen-bond acceptors (Lipinski definition) is 4. The van der Waals surface area contributed by atoms with E-state index in [1.54, 1.807) is 18.5 Å². The Balaban J connectivity index is 1.82. The van der Waals surface area contributed by atoms with Crippen molar-refractivity contribution in [2.24, 2.45) is 5.92 Å². The number of hydrogen-bond donors (Lipinski definition) is 2. The van der Waals surface area contributed by atoms with Crippen molar-refractivity contribution in [1.29, 1.82) is 0 Å². The molecule has 68 valence electrons. The van der Waals surface area contributed by atoms with E-state index < -0.39 is 0 Å². The molecule has 1 amide bonds. The van der Waals surface area contributed by atoms with Crippen LogP contribution in [0.25, 0.3) is 0 Å². The summed E-state index contributed by atoms with van der Waals surface area (Å²) in [7, 11) is 0. The van der Waals surface area contributed by atoms with Gasteiger partial charge in [-0.15, -0.1) is 0 Å². The third-order valence-corrected chi connectivity index (χ3v) is 1.81. The van der Waals surface area contributed by atoms with Crippen molar-refractivity contribution in [1.82, 2.24) is 15.4 Å². The minimum Gasteiger partial charge on any atom is -0.273 e. The summed E-state index contributed by atoms with van der Waals surface area (Å²) in [5, 5.41) is 0. The second-order valence-corrected chi connectivity index (χ2v) is 2.96. The zero-order valence-electron chi connectivity index (χ0n) is 7.03. The number of rotatable bonds is 3. The number of nitrogens with one attached hydrogen (secondary N) is 2. The first-order chi connectivity index (χ1) is 6.36. The maximum absolute atomic E-state index is 11.1. The van der Waals surface area contributed by atoms with Crippen molar-refractivity contribution in [2.75, 3.05) is 5.43 Å². The molecule has 0 atom stereocenters. The van der Waals surface area contributed by atoms with Crippen LogP contribution in [0.3, 0.4) is 0 Å². The summed E-state index contributed by atoms with van der Waals surface area (Å²) in [6, 6.07) is 1.72. The minimum absolute atomic E-state index is 0.0208. The fraction of sp³-hybridized carbons (Fsp3) is 0.375. The summed E-state index contributed by atoms with van der Waals surface area (Å²) < 4.78 is 0. The van der Waals surface area contributed by atoms with Crippen LogP contribution in [-0.4, -0.2) is 15.9 Å². The molecular formula is C8H10N4O. The van der Waals surface area contributed by atoms with Crippen LogP contribution in [0.4, 0.5) is 5.95 Å². The highest BCUT2D eigenvalue weighted by molar-refractivity contribution is 5.81. The Hall–Kier alpha value is -1.65. The molecule has 5 heteroatoms. The van der Waals surface area contributed by atoms with E-state index in [0.29, 0.717) is 5.95 Å². The quantitative estimate of drug-likeness (QED) is 0.654. The van der Waals surface area contributed by atoms with Gasteiger partial charge in [0.1, 0.15) is 0 Å². The molecule has 1 aliphatic rings. The molecular weight excluding hydrogens is 168 g/mol. The molecule has 1 aromatic rings. The van der Waals surface area contributed by atoms with Crippen LogP contribution in [0.5, 0.6) is 0 Å². The summed E-state index contributed by atoms with van der Waals surface area (Å²) >= 11 is 0. The minimum atomic E-state index is 0.0208. The smallest absolute Gasteiger partial charge is 0.241 e. The van der Waals surface area contributed by atoms with Crippen LogP contribution >= 0.6 is 0 Å². The first-order valence-electron chi connectivity index (χ1n) is 4.19. The average molecular weight is 178 g/mol. The van der Waals surface area contributed by atoms with Crippen LogP contribution in [0.15, 0.2) is 18.5 Å². The number of anilines is 1. The van der Waals surface area contributed by atoms with Gasteiger partial charge in [-0.3, -0.25) is 15.6 Å². The van der Waals surface area contributed by atoms with Crippen molar-refractivity contribution < 1.29 is 4.79 Å². The monoisotopic (exact) mass is 178 g/mol. The SMILES string of the molecule is O=C(NNc1ncccn1)C1CC1. The molecule has 2 rings (SSSR count). The van der Waals surface area contributed by atoms with Crippen LogP contribution in [-0.2, 0) is 4.79 Å². The Labute approximate surface area is 75.6 Å². The van der Waals surface area contributed by atoms with Crippen molar-refractivity contribution in [2.45, 2.75) is 12.8 Å². The van der Waals surface area contributed by atoms with Gasteiger partial charge in [0.2, 0.25) is 11.9 Å². The molecule has 0 spiro atoms. The number of hydrazine groups is 1. The molecule has 1 aromatic heterocycles. The summed E-state index contributed by atoms with van der Waals surface area (Å²) in [5.41, 5.74) is 5.19. The largest absolute Gasteiger partial charge is 0.273 e. The first-order valence-corrected chi connectivity index (χ1v) is 4.19. The maximum Gasteiger partial charge on any atom is 0.241 e. The van der Waals surface area contributed by atoms with E-state index in [1.165, 1.54) is 0 Å². The summed E-state index contributed by atoms with van der Waals surface area (Å²) in [5.74, 6) is 0.625. The van der Waals surface area contributed by atoms with E-state index in [9.17, 15) is 4.79 Å². The predicted molar refractivity (Wildman–Crippen MR) is 46.5 cm³/mol. The van der Waals surface area contributed by atoms with E-state index in [2.05, 4.69) is 20.8 Å². The molecule has 0 radical (unpaired) electrons. The van der Waals surface area contributed by atoms with Gasteiger partial charge < -0.3 is 0 Å². The molecule has 1 aliphatic carbocycles. The molecule has 0 aromatic carbocycles. The molecule has 13 heavy (non-hydrogen) atoms. The van der Waals surface area contributed by atoms with Crippen molar-refractivity contribution in [3.63, 3.8) is 0 Å². The van der Waals surface area contributed by atoms with E-state index in [0.717, 1.165) is 12.8 Å². The Morgan fingerprint density at radius 2 is 2.08 bits per heavy atom. The molecule has 5 nitrogen and oxygen atoms in total. The molecule has 0 saturated heterocycles. The normalized spacial score (nSPS) is 15.1. The summed E-state index contributed by atoms with van der Waals surface area (Å²) in [6.45, 7) is 0. The van der Waals surface area contributed by atoms with Gasteiger partial charge in [0, 0.05) is 18.3 Å². The number of aromatic nitrogens is 2. The number of carbonyl (C=O) groups is 1. The fourth-order valence-electron chi connectivity index (χ4n) is 0.929. The van der Waals surface area contributed by atoms with Crippen molar-refractivity contribution in [3.05, 3.63) is 18.5 Å². The van der Waals surface area contributed by atoms with Crippen LogP contribution < -0.4 is 10.9 Å². The standard InChI is InChI=1S/C8H10N4O/c13-7(6-2-3-6)11-12-8-9-4-1-5-10-8/h1,4-6H,2-3H2,(H,11,13)(H,9,10,12). The van der Waals surface area contributed by atoms with Crippen molar-refractivity contribution >= 4 is 11.9 Å². The van der Waals surface area contributed by atoms with E-state index >= 15 is 0 Å². The first kappa shape index (κ1) is 7.97. The Morgan fingerprint density at radius 1 is 1.38 bits per heavy atom. The third-order valence-electron chi connectivity index (χ3n) is 1.81. The Kier molecular flexibility index (Phi) is 2.08. The van der Waals surface area contributed by atoms with E-state index in [4.69, 9.17) is 0 Å². The zero-order valence-corrected chi connectivity index (χ0v) is 7.03. The topological polar surface area (TPSA) is 66.9 Å². The van der Waals surface area contributed by atoms with E-state index in [-0.39, 0.29) is 11.8 Å². The molecule has 1 fully saturated rings. The summed E-state index contributed by atoms with van der Waals surface area (Å²) in [4.78, 5) is 18.9.